The molecule has 0 aliphatic heterocycles. The molecule has 0 aliphatic carbocycles. The molecule has 2 rings (SSSR count). The minimum atomic E-state index is -0.162. The third-order valence-corrected chi connectivity index (χ3v) is 3.10. The van der Waals surface area contributed by atoms with Crippen LogP contribution in [0.1, 0.15) is 18.4 Å². The van der Waals surface area contributed by atoms with Crippen LogP contribution in [-0.4, -0.2) is 17.6 Å². The zero-order chi connectivity index (χ0) is 13.0. The molecular weight excluding hydrogens is 228 g/mol. The van der Waals surface area contributed by atoms with E-state index < -0.39 is 0 Å². The Balaban J connectivity index is 2.15. The molecule has 0 aliphatic rings. The van der Waals surface area contributed by atoms with Gasteiger partial charge in [-0.1, -0.05) is 18.2 Å². The molecule has 1 aromatic heterocycles. The van der Waals surface area contributed by atoms with Gasteiger partial charge in [-0.3, -0.25) is 4.79 Å². The van der Waals surface area contributed by atoms with Crippen LogP contribution in [0.2, 0.25) is 0 Å². The predicted octanol–water partition coefficient (Wildman–Crippen LogP) is 2.05. The summed E-state index contributed by atoms with van der Waals surface area (Å²) >= 11 is 0. The number of para-hydroxylation sites is 1. The molecule has 0 spiro atoms. The fourth-order valence-corrected chi connectivity index (χ4v) is 2.17. The fourth-order valence-electron chi connectivity index (χ4n) is 2.17. The van der Waals surface area contributed by atoms with Crippen molar-refractivity contribution in [2.75, 3.05) is 7.11 Å². The molecule has 0 saturated carbocycles. The second-order valence-corrected chi connectivity index (χ2v) is 4.25. The summed E-state index contributed by atoms with van der Waals surface area (Å²) in [7, 11) is 1.42. The summed E-state index contributed by atoms with van der Waals surface area (Å²) in [5.41, 5.74) is 8.05. The molecule has 0 saturated heterocycles. The van der Waals surface area contributed by atoms with Crippen molar-refractivity contribution in [3.63, 3.8) is 0 Å². The number of methoxy groups -OCH3 is 1. The highest BCUT2D eigenvalue weighted by Gasteiger charge is 2.07. The van der Waals surface area contributed by atoms with Crippen LogP contribution in [0, 0.1) is 0 Å². The first kappa shape index (κ1) is 12.6. The van der Waals surface area contributed by atoms with Gasteiger partial charge in [0.05, 0.1) is 7.11 Å². The molecule has 0 atom stereocenters. The third-order valence-electron chi connectivity index (χ3n) is 3.10. The smallest absolute Gasteiger partial charge is 0.305 e. The van der Waals surface area contributed by atoms with Crippen molar-refractivity contribution in [2.24, 2.45) is 5.73 Å². The lowest BCUT2D eigenvalue weighted by Gasteiger charge is -2.04. The zero-order valence-electron chi connectivity index (χ0n) is 10.6. The summed E-state index contributed by atoms with van der Waals surface area (Å²) in [5.74, 6) is -0.162. The van der Waals surface area contributed by atoms with Crippen LogP contribution in [0.4, 0.5) is 0 Å². The number of aromatic nitrogens is 1. The number of hydrogen-bond acceptors (Lipinski definition) is 3. The molecule has 4 nitrogen and oxygen atoms in total. The molecule has 2 N–H and O–H groups in total. The van der Waals surface area contributed by atoms with Gasteiger partial charge in [-0.25, -0.2) is 0 Å². The summed E-state index contributed by atoms with van der Waals surface area (Å²) in [6.07, 6.45) is 3.29. The van der Waals surface area contributed by atoms with Crippen molar-refractivity contribution in [1.82, 2.24) is 4.57 Å². The average Bonchev–Trinajstić information content (AvgIpc) is 2.77. The number of fused-ring (bicyclic) bond motifs is 1. The normalized spacial score (nSPS) is 10.8. The van der Waals surface area contributed by atoms with Crippen molar-refractivity contribution in [3.8, 4) is 0 Å². The predicted molar refractivity (Wildman–Crippen MR) is 71.1 cm³/mol. The molecule has 0 unspecified atom stereocenters. The molecule has 96 valence electrons. The number of rotatable bonds is 5. The van der Waals surface area contributed by atoms with Crippen molar-refractivity contribution in [3.05, 3.63) is 36.0 Å². The number of carbonyl (C=O) groups excluding carboxylic acids is 1. The van der Waals surface area contributed by atoms with Crippen molar-refractivity contribution in [1.29, 1.82) is 0 Å². The van der Waals surface area contributed by atoms with E-state index in [2.05, 4.69) is 27.6 Å². The molecule has 0 radical (unpaired) electrons. The maximum Gasteiger partial charge on any atom is 0.305 e. The number of nitrogens with two attached hydrogens (primary N) is 1. The highest BCUT2D eigenvalue weighted by Crippen LogP contribution is 2.21. The number of benzene rings is 1. The Labute approximate surface area is 106 Å². The lowest BCUT2D eigenvalue weighted by atomic mass is 10.2. The maximum absolute atomic E-state index is 11.1. The second-order valence-electron chi connectivity index (χ2n) is 4.25. The molecular formula is C14H18N2O2. The summed E-state index contributed by atoms with van der Waals surface area (Å²) < 4.78 is 6.79. The summed E-state index contributed by atoms with van der Waals surface area (Å²) in [5, 5.41) is 1.19. The minimum absolute atomic E-state index is 0.162. The summed E-state index contributed by atoms with van der Waals surface area (Å²) in [6, 6.07) is 8.18. The zero-order valence-corrected chi connectivity index (χ0v) is 10.6. The Kier molecular flexibility index (Phi) is 3.99. The lowest BCUT2D eigenvalue weighted by Crippen LogP contribution is -2.03. The van der Waals surface area contributed by atoms with Gasteiger partial charge in [0.15, 0.2) is 0 Å². The van der Waals surface area contributed by atoms with Crippen LogP contribution in [0.5, 0.6) is 0 Å². The Hall–Kier alpha value is -1.81. The van der Waals surface area contributed by atoms with Gasteiger partial charge in [0.1, 0.15) is 0 Å². The first-order valence-electron chi connectivity index (χ1n) is 6.10. The molecule has 4 heteroatoms. The molecule has 0 fully saturated rings. The second kappa shape index (κ2) is 5.69. The van der Waals surface area contributed by atoms with E-state index >= 15 is 0 Å². The van der Waals surface area contributed by atoms with Gasteiger partial charge in [-0.2, -0.15) is 0 Å². The van der Waals surface area contributed by atoms with Crippen molar-refractivity contribution in [2.45, 2.75) is 25.9 Å². The summed E-state index contributed by atoms with van der Waals surface area (Å²) in [6.45, 7) is 1.33. The molecule has 0 bridgehead atoms. The lowest BCUT2D eigenvalue weighted by molar-refractivity contribution is -0.140. The standard InChI is InChI=1S/C14H18N2O2/c1-18-14(17)7-4-8-16-10-11(9-15)12-5-2-3-6-13(12)16/h2-3,5-6,10H,4,7-9,15H2,1H3. The molecule has 1 heterocycles. The molecule has 1 aromatic carbocycles. The SMILES string of the molecule is COC(=O)CCCn1cc(CN)c2ccccc21. The van der Waals surface area contributed by atoms with Gasteiger partial charge in [-0.15, -0.1) is 0 Å². The highest BCUT2D eigenvalue weighted by molar-refractivity contribution is 5.83. The van der Waals surface area contributed by atoms with Gasteiger partial charge < -0.3 is 15.0 Å². The van der Waals surface area contributed by atoms with Crippen molar-refractivity contribution < 1.29 is 9.53 Å². The number of esters is 1. The highest BCUT2D eigenvalue weighted by atomic mass is 16.5. The van der Waals surface area contributed by atoms with E-state index in [1.54, 1.807) is 0 Å². The van der Waals surface area contributed by atoms with Crippen LogP contribution in [-0.2, 0) is 22.6 Å². The van der Waals surface area contributed by atoms with Gasteiger partial charge in [0, 0.05) is 36.6 Å². The van der Waals surface area contributed by atoms with Crippen LogP contribution < -0.4 is 5.73 Å². The first-order chi connectivity index (χ1) is 8.76. The molecule has 2 aromatic rings. The van der Waals surface area contributed by atoms with E-state index in [1.807, 2.05) is 12.1 Å². The van der Waals surface area contributed by atoms with E-state index in [-0.39, 0.29) is 5.97 Å². The Morgan fingerprint density at radius 3 is 2.89 bits per heavy atom. The Bertz CT molecular complexity index is 546. The molecule has 18 heavy (non-hydrogen) atoms. The maximum atomic E-state index is 11.1. The monoisotopic (exact) mass is 246 g/mol. The van der Waals surface area contributed by atoms with E-state index in [0.29, 0.717) is 13.0 Å². The number of ether oxygens (including phenoxy) is 1. The summed E-state index contributed by atoms with van der Waals surface area (Å²) in [4.78, 5) is 11.1. The quantitative estimate of drug-likeness (QED) is 0.821. The average molecular weight is 246 g/mol. The molecule has 0 amide bonds. The van der Waals surface area contributed by atoms with Crippen LogP contribution in [0.25, 0.3) is 10.9 Å². The number of carbonyl (C=O) groups is 1. The van der Waals surface area contributed by atoms with E-state index in [1.165, 1.54) is 18.0 Å². The fraction of sp³-hybridized carbons (Fsp3) is 0.357. The van der Waals surface area contributed by atoms with E-state index in [9.17, 15) is 4.79 Å². The van der Waals surface area contributed by atoms with Gasteiger partial charge in [0.25, 0.3) is 0 Å². The Morgan fingerprint density at radius 2 is 2.17 bits per heavy atom. The van der Waals surface area contributed by atoms with E-state index in [4.69, 9.17) is 5.73 Å². The largest absolute Gasteiger partial charge is 0.469 e. The van der Waals surface area contributed by atoms with Crippen LogP contribution >= 0.6 is 0 Å². The number of hydrogen-bond donors (Lipinski definition) is 1. The van der Waals surface area contributed by atoms with Gasteiger partial charge in [-0.05, 0) is 18.1 Å². The third kappa shape index (κ3) is 2.54. The van der Waals surface area contributed by atoms with Gasteiger partial charge >= 0.3 is 5.97 Å². The number of aryl methyl sites for hydroxylation is 1. The topological polar surface area (TPSA) is 57.2 Å². The van der Waals surface area contributed by atoms with Crippen LogP contribution in [0.3, 0.4) is 0 Å². The number of nitrogens with zero attached hydrogens (tertiary/aromatic N) is 1. The van der Waals surface area contributed by atoms with E-state index in [0.717, 1.165) is 18.5 Å². The minimum Gasteiger partial charge on any atom is -0.469 e. The Morgan fingerprint density at radius 1 is 1.39 bits per heavy atom. The van der Waals surface area contributed by atoms with Crippen molar-refractivity contribution >= 4 is 16.9 Å². The van der Waals surface area contributed by atoms with Gasteiger partial charge in [0.2, 0.25) is 0 Å². The first-order valence-corrected chi connectivity index (χ1v) is 6.10. The van der Waals surface area contributed by atoms with Crippen LogP contribution in [0.15, 0.2) is 30.5 Å².